The first kappa shape index (κ1) is 11.9. The van der Waals surface area contributed by atoms with Gasteiger partial charge < -0.3 is 10.6 Å². The lowest BCUT2D eigenvalue weighted by Crippen LogP contribution is -2.41. The molecule has 1 saturated heterocycles. The van der Waals surface area contributed by atoms with Crippen molar-refractivity contribution in [2.45, 2.75) is 26.7 Å². The molecule has 0 aromatic heterocycles. The van der Waals surface area contributed by atoms with E-state index in [1.807, 2.05) is 0 Å². The largest absolute Gasteiger partial charge is 0.316 e. The third-order valence-corrected chi connectivity index (χ3v) is 3.28. The van der Waals surface area contributed by atoms with Gasteiger partial charge in [-0.1, -0.05) is 13.8 Å². The molecule has 0 aromatic carbocycles. The van der Waals surface area contributed by atoms with Gasteiger partial charge in [-0.05, 0) is 24.3 Å². The fraction of sp³-hybridized carbons (Fsp3) is 1.00. The van der Waals surface area contributed by atoms with E-state index in [0.717, 1.165) is 19.5 Å². The van der Waals surface area contributed by atoms with E-state index >= 15 is 0 Å². The topological polar surface area (TPSA) is 24.1 Å². The zero-order valence-electron chi connectivity index (χ0n) is 8.95. The number of alkyl halides is 2. The quantitative estimate of drug-likeness (QED) is 0.712. The van der Waals surface area contributed by atoms with Crippen molar-refractivity contribution in [2.24, 2.45) is 11.3 Å². The normalized spacial score (nSPS) is 27.9. The van der Waals surface area contributed by atoms with Crippen LogP contribution in [0.4, 0.5) is 8.78 Å². The summed E-state index contributed by atoms with van der Waals surface area (Å²) < 4.78 is 23.9. The van der Waals surface area contributed by atoms with Crippen LogP contribution < -0.4 is 10.6 Å². The minimum Gasteiger partial charge on any atom is -0.316 e. The second kappa shape index (κ2) is 5.03. The Labute approximate surface area is 84.4 Å². The number of rotatable bonds is 5. The number of hydrogen-bond acceptors (Lipinski definition) is 2. The molecule has 1 aliphatic heterocycles. The molecule has 0 spiro atoms. The minimum absolute atomic E-state index is 0.175. The fourth-order valence-electron chi connectivity index (χ4n) is 2.04. The van der Waals surface area contributed by atoms with Crippen molar-refractivity contribution in [3.63, 3.8) is 0 Å². The van der Waals surface area contributed by atoms with Crippen LogP contribution in [0.5, 0.6) is 0 Å². The van der Waals surface area contributed by atoms with Crippen LogP contribution in [0.2, 0.25) is 0 Å². The van der Waals surface area contributed by atoms with Crippen molar-refractivity contribution in [2.75, 3.05) is 26.2 Å². The molecule has 1 atom stereocenters. The average Bonchev–Trinajstić information content (AvgIpc) is 2.53. The molecule has 14 heavy (non-hydrogen) atoms. The molecular formula is C10H20F2N2. The highest BCUT2D eigenvalue weighted by molar-refractivity contribution is 4.91. The lowest BCUT2D eigenvalue weighted by molar-refractivity contribution is 0.131. The zero-order valence-corrected chi connectivity index (χ0v) is 8.95. The summed E-state index contributed by atoms with van der Waals surface area (Å²) in [5.74, 6) is 0.530. The number of hydrogen-bond donors (Lipinski definition) is 2. The highest BCUT2D eigenvalue weighted by Gasteiger charge is 2.36. The van der Waals surface area contributed by atoms with Crippen molar-refractivity contribution < 1.29 is 8.78 Å². The van der Waals surface area contributed by atoms with E-state index in [2.05, 4.69) is 24.5 Å². The van der Waals surface area contributed by atoms with E-state index in [-0.39, 0.29) is 12.0 Å². The maximum Gasteiger partial charge on any atom is 0.250 e. The van der Waals surface area contributed by atoms with Crippen molar-refractivity contribution in [1.82, 2.24) is 10.6 Å². The Morgan fingerprint density at radius 3 is 2.57 bits per heavy atom. The molecule has 1 rings (SSSR count). The molecule has 0 aliphatic carbocycles. The maximum absolute atomic E-state index is 12.0. The first-order valence-corrected chi connectivity index (χ1v) is 5.26. The van der Waals surface area contributed by atoms with Gasteiger partial charge in [-0.15, -0.1) is 0 Å². The Kier molecular flexibility index (Phi) is 4.26. The summed E-state index contributed by atoms with van der Waals surface area (Å²) in [5, 5.41) is 6.16. The summed E-state index contributed by atoms with van der Waals surface area (Å²) in [6.07, 6.45) is -1.16. The van der Waals surface area contributed by atoms with Gasteiger partial charge in [0, 0.05) is 13.1 Å². The van der Waals surface area contributed by atoms with Gasteiger partial charge in [0.15, 0.2) is 0 Å². The van der Waals surface area contributed by atoms with Crippen molar-refractivity contribution in [3.05, 3.63) is 0 Å². The van der Waals surface area contributed by atoms with Crippen LogP contribution in [0.3, 0.4) is 0 Å². The summed E-state index contributed by atoms with van der Waals surface area (Å²) >= 11 is 0. The van der Waals surface area contributed by atoms with E-state index in [1.165, 1.54) is 0 Å². The van der Waals surface area contributed by atoms with Crippen molar-refractivity contribution in [1.29, 1.82) is 0 Å². The monoisotopic (exact) mass is 206 g/mol. The van der Waals surface area contributed by atoms with Crippen molar-refractivity contribution >= 4 is 0 Å². The van der Waals surface area contributed by atoms with Crippen LogP contribution in [0.25, 0.3) is 0 Å². The van der Waals surface area contributed by atoms with E-state index in [1.54, 1.807) is 0 Å². The van der Waals surface area contributed by atoms with Gasteiger partial charge >= 0.3 is 0 Å². The van der Waals surface area contributed by atoms with Gasteiger partial charge in [0.05, 0.1) is 6.54 Å². The summed E-state index contributed by atoms with van der Waals surface area (Å²) in [4.78, 5) is 0. The summed E-state index contributed by atoms with van der Waals surface area (Å²) in [6.45, 7) is 6.79. The minimum atomic E-state index is -2.24. The molecule has 0 aromatic rings. The fourth-order valence-corrected chi connectivity index (χ4v) is 2.04. The Morgan fingerprint density at radius 1 is 1.43 bits per heavy atom. The predicted molar refractivity (Wildman–Crippen MR) is 53.6 cm³/mol. The zero-order chi connectivity index (χ0) is 10.6. The van der Waals surface area contributed by atoms with E-state index in [9.17, 15) is 8.78 Å². The molecule has 1 heterocycles. The standard InChI is InChI=1S/C10H20F2N2/c1-8(2)10(3-4-13-6-10)7-14-5-9(11)12/h8-9,13-14H,3-7H2,1-2H3. The Balaban J connectivity index is 2.36. The van der Waals surface area contributed by atoms with Gasteiger partial charge in [-0.25, -0.2) is 8.78 Å². The first-order valence-electron chi connectivity index (χ1n) is 5.26. The molecule has 0 saturated carbocycles. The first-order chi connectivity index (χ1) is 6.57. The second-order valence-electron chi connectivity index (χ2n) is 4.47. The average molecular weight is 206 g/mol. The molecule has 0 radical (unpaired) electrons. The number of nitrogens with one attached hydrogen (secondary N) is 2. The molecular weight excluding hydrogens is 186 g/mol. The van der Waals surface area contributed by atoms with Crippen LogP contribution in [0, 0.1) is 11.3 Å². The predicted octanol–water partition coefficient (Wildman–Crippen LogP) is 1.48. The van der Waals surface area contributed by atoms with E-state index < -0.39 is 6.43 Å². The molecule has 4 heteroatoms. The van der Waals surface area contributed by atoms with Crippen molar-refractivity contribution in [3.8, 4) is 0 Å². The van der Waals surface area contributed by atoms with Crippen LogP contribution in [0.15, 0.2) is 0 Å². The van der Waals surface area contributed by atoms with Gasteiger partial charge in [-0.3, -0.25) is 0 Å². The number of halogens is 2. The Bertz CT molecular complexity index is 166. The lowest BCUT2D eigenvalue weighted by atomic mass is 9.76. The van der Waals surface area contributed by atoms with Crippen LogP contribution >= 0.6 is 0 Å². The lowest BCUT2D eigenvalue weighted by Gasteiger charge is -2.33. The smallest absolute Gasteiger partial charge is 0.250 e. The molecule has 0 amide bonds. The van der Waals surface area contributed by atoms with Gasteiger partial charge in [0.2, 0.25) is 0 Å². The summed E-state index contributed by atoms with van der Waals surface area (Å²) in [7, 11) is 0. The van der Waals surface area contributed by atoms with Crippen LogP contribution in [-0.4, -0.2) is 32.6 Å². The van der Waals surface area contributed by atoms with Gasteiger partial charge in [0.1, 0.15) is 0 Å². The third-order valence-electron chi connectivity index (χ3n) is 3.28. The highest BCUT2D eigenvalue weighted by atomic mass is 19.3. The Morgan fingerprint density at radius 2 is 2.14 bits per heavy atom. The van der Waals surface area contributed by atoms with E-state index in [0.29, 0.717) is 12.5 Å². The van der Waals surface area contributed by atoms with Crippen LogP contribution in [0.1, 0.15) is 20.3 Å². The molecule has 84 valence electrons. The maximum atomic E-state index is 12.0. The van der Waals surface area contributed by atoms with Crippen LogP contribution in [-0.2, 0) is 0 Å². The summed E-state index contributed by atoms with van der Waals surface area (Å²) in [6, 6.07) is 0. The molecule has 2 N–H and O–H groups in total. The SMILES string of the molecule is CC(C)C1(CNCC(F)F)CCNC1. The molecule has 2 nitrogen and oxygen atoms in total. The molecule has 1 unspecified atom stereocenters. The third kappa shape index (κ3) is 2.89. The Hall–Kier alpha value is -0.220. The highest BCUT2D eigenvalue weighted by Crippen LogP contribution is 2.33. The van der Waals surface area contributed by atoms with Gasteiger partial charge in [-0.2, -0.15) is 0 Å². The van der Waals surface area contributed by atoms with Gasteiger partial charge in [0.25, 0.3) is 6.43 Å². The van der Waals surface area contributed by atoms with E-state index in [4.69, 9.17) is 0 Å². The molecule has 1 fully saturated rings. The second-order valence-corrected chi connectivity index (χ2v) is 4.47. The molecule has 1 aliphatic rings. The summed E-state index contributed by atoms with van der Waals surface area (Å²) in [5.41, 5.74) is 0.175. The molecule has 0 bridgehead atoms.